The molecule has 0 bridgehead atoms. The molecule has 2 aromatic rings. The molecule has 0 fully saturated rings. The minimum Gasteiger partial charge on any atom is -0.368 e. The zero-order chi connectivity index (χ0) is 17.3. The fourth-order valence-corrected chi connectivity index (χ4v) is 3.06. The van der Waals surface area contributed by atoms with Crippen molar-refractivity contribution in [1.82, 2.24) is 4.90 Å². The highest BCUT2D eigenvalue weighted by atomic mass is 79.9. The standard InChI is InChI=1S/C18H19N3O3.BrH/c19-14(16(20)22)9-1-2-10-21-17(23)12-7-3-5-11-6-4-8-13(15(11)12)18(21)24;/h3-8,14H,1-2,9-10,19H2,(H2,20,22);1H. The van der Waals surface area contributed by atoms with E-state index < -0.39 is 11.9 Å². The van der Waals surface area contributed by atoms with Crippen molar-refractivity contribution in [1.29, 1.82) is 0 Å². The third kappa shape index (κ3) is 3.57. The number of halogens is 1. The smallest absolute Gasteiger partial charge is 0.261 e. The van der Waals surface area contributed by atoms with Crippen molar-refractivity contribution in [3.63, 3.8) is 0 Å². The van der Waals surface area contributed by atoms with Gasteiger partial charge in [-0.25, -0.2) is 0 Å². The van der Waals surface area contributed by atoms with Gasteiger partial charge >= 0.3 is 0 Å². The Kier molecular flexibility index (Phi) is 5.92. The lowest BCUT2D eigenvalue weighted by atomic mass is 9.94. The van der Waals surface area contributed by atoms with Crippen LogP contribution in [0.5, 0.6) is 0 Å². The van der Waals surface area contributed by atoms with Gasteiger partial charge in [0.2, 0.25) is 5.91 Å². The highest BCUT2D eigenvalue weighted by molar-refractivity contribution is 8.93. The number of carbonyl (C=O) groups excluding carboxylic acids is 3. The maximum Gasteiger partial charge on any atom is 0.261 e. The summed E-state index contributed by atoms with van der Waals surface area (Å²) in [5.74, 6) is -1.09. The summed E-state index contributed by atoms with van der Waals surface area (Å²) < 4.78 is 0. The van der Waals surface area contributed by atoms with E-state index in [1.807, 2.05) is 24.3 Å². The van der Waals surface area contributed by atoms with E-state index >= 15 is 0 Å². The Balaban J connectivity index is 0.00000225. The highest BCUT2D eigenvalue weighted by Crippen LogP contribution is 2.30. The second-order valence-electron chi connectivity index (χ2n) is 5.98. The number of imide groups is 1. The third-order valence-electron chi connectivity index (χ3n) is 4.37. The van der Waals surface area contributed by atoms with Crippen molar-refractivity contribution in [2.24, 2.45) is 11.5 Å². The van der Waals surface area contributed by atoms with E-state index in [2.05, 4.69) is 0 Å². The normalized spacial score (nSPS) is 14.4. The Hall–Kier alpha value is -2.25. The summed E-state index contributed by atoms with van der Waals surface area (Å²) in [7, 11) is 0. The molecule has 1 aliphatic heterocycles. The molecule has 1 atom stereocenters. The molecule has 4 N–H and O–H groups in total. The van der Waals surface area contributed by atoms with Gasteiger partial charge in [0.05, 0.1) is 6.04 Å². The van der Waals surface area contributed by atoms with Gasteiger partial charge in [-0.1, -0.05) is 24.3 Å². The number of rotatable bonds is 6. The molecule has 1 heterocycles. The second-order valence-corrected chi connectivity index (χ2v) is 5.98. The number of hydrogen-bond donors (Lipinski definition) is 2. The van der Waals surface area contributed by atoms with Crippen molar-refractivity contribution in [2.75, 3.05) is 6.54 Å². The van der Waals surface area contributed by atoms with E-state index in [0.717, 1.165) is 10.8 Å². The zero-order valence-electron chi connectivity index (χ0n) is 13.6. The molecule has 132 valence electrons. The van der Waals surface area contributed by atoms with Crippen LogP contribution in [0.4, 0.5) is 0 Å². The molecule has 0 saturated carbocycles. The van der Waals surface area contributed by atoms with Gasteiger partial charge in [0, 0.05) is 23.1 Å². The Morgan fingerprint density at radius 3 is 2.08 bits per heavy atom. The zero-order valence-corrected chi connectivity index (χ0v) is 15.3. The molecule has 0 radical (unpaired) electrons. The van der Waals surface area contributed by atoms with Gasteiger partial charge in [0.25, 0.3) is 11.8 Å². The molecule has 1 aliphatic rings. The molecule has 2 aromatic carbocycles. The fraction of sp³-hybridized carbons (Fsp3) is 0.278. The van der Waals surface area contributed by atoms with Crippen molar-refractivity contribution in [2.45, 2.75) is 25.3 Å². The van der Waals surface area contributed by atoms with Crippen LogP contribution in [0.1, 0.15) is 40.0 Å². The average molecular weight is 406 g/mol. The van der Waals surface area contributed by atoms with Crippen molar-refractivity contribution in [3.8, 4) is 0 Å². The van der Waals surface area contributed by atoms with Crippen LogP contribution in [0.2, 0.25) is 0 Å². The molecule has 3 amide bonds. The summed E-state index contributed by atoms with van der Waals surface area (Å²) in [5.41, 5.74) is 11.8. The van der Waals surface area contributed by atoms with Crippen molar-refractivity contribution >= 4 is 45.5 Å². The summed E-state index contributed by atoms with van der Waals surface area (Å²) in [4.78, 5) is 37.5. The molecule has 3 rings (SSSR count). The Morgan fingerprint density at radius 1 is 1.00 bits per heavy atom. The van der Waals surface area contributed by atoms with Crippen molar-refractivity contribution < 1.29 is 14.4 Å². The number of benzene rings is 2. The fourth-order valence-electron chi connectivity index (χ4n) is 3.06. The first-order valence-corrected chi connectivity index (χ1v) is 7.93. The highest BCUT2D eigenvalue weighted by Gasteiger charge is 2.32. The molecule has 7 heteroatoms. The quantitative estimate of drug-likeness (QED) is 0.565. The topological polar surface area (TPSA) is 106 Å². The summed E-state index contributed by atoms with van der Waals surface area (Å²) >= 11 is 0. The Labute approximate surface area is 155 Å². The van der Waals surface area contributed by atoms with Crippen LogP contribution in [-0.4, -0.2) is 35.2 Å². The molecule has 0 aliphatic carbocycles. The maximum absolute atomic E-state index is 12.7. The molecule has 0 saturated heterocycles. The van der Waals surface area contributed by atoms with Gasteiger partial charge in [0.1, 0.15) is 0 Å². The number of carbonyl (C=O) groups is 3. The average Bonchev–Trinajstić information content (AvgIpc) is 2.58. The largest absolute Gasteiger partial charge is 0.368 e. The second kappa shape index (κ2) is 7.76. The first-order chi connectivity index (χ1) is 11.5. The van der Waals surface area contributed by atoms with E-state index in [9.17, 15) is 14.4 Å². The SMILES string of the molecule is Br.NC(=O)C(N)CCCCN1C(=O)c2cccc3cccc(c23)C1=O. The molecule has 0 aromatic heterocycles. The van der Waals surface area contributed by atoms with Crippen LogP contribution >= 0.6 is 17.0 Å². The molecule has 6 nitrogen and oxygen atoms in total. The number of hydrogen-bond acceptors (Lipinski definition) is 4. The first-order valence-electron chi connectivity index (χ1n) is 7.93. The summed E-state index contributed by atoms with van der Waals surface area (Å²) in [6.45, 7) is 0.299. The van der Waals surface area contributed by atoms with Crippen LogP contribution in [0.3, 0.4) is 0 Å². The van der Waals surface area contributed by atoms with Gasteiger partial charge in [-0.05, 0) is 36.8 Å². The first kappa shape index (κ1) is 19.1. The molecule has 0 spiro atoms. The van der Waals surface area contributed by atoms with Gasteiger partial charge in [-0.3, -0.25) is 19.3 Å². The van der Waals surface area contributed by atoms with Gasteiger partial charge in [-0.2, -0.15) is 0 Å². The van der Waals surface area contributed by atoms with Gasteiger partial charge in [0.15, 0.2) is 0 Å². The number of nitrogens with two attached hydrogens (primary N) is 2. The van der Waals surface area contributed by atoms with Gasteiger partial charge in [-0.15, -0.1) is 17.0 Å². The van der Waals surface area contributed by atoms with E-state index in [0.29, 0.717) is 36.9 Å². The minimum atomic E-state index is -0.688. The minimum absolute atomic E-state index is 0. The van der Waals surface area contributed by atoms with Gasteiger partial charge < -0.3 is 11.5 Å². The lowest BCUT2D eigenvalue weighted by Gasteiger charge is -2.27. The Morgan fingerprint density at radius 2 is 1.56 bits per heavy atom. The number of unbranched alkanes of at least 4 members (excludes halogenated alkanes) is 1. The number of amides is 3. The van der Waals surface area contributed by atoms with E-state index in [1.165, 1.54) is 4.90 Å². The predicted octanol–water partition coefficient (Wildman–Crippen LogP) is 2.00. The van der Waals surface area contributed by atoms with E-state index in [4.69, 9.17) is 11.5 Å². The van der Waals surface area contributed by atoms with Crippen LogP contribution < -0.4 is 11.5 Å². The Bertz CT molecular complexity index is 787. The monoisotopic (exact) mass is 405 g/mol. The van der Waals surface area contributed by atoms with Crippen molar-refractivity contribution in [3.05, 3.63) is 47.5 Å². The lowest BCUT2D eigenvalue weighted by molar-refractivity contribution is -0.119. The molecular formula is C18H20BrN3O3. The summed E-state index contributed by atoms with van der Waals surface area (Å²) in [5, 5.41) is 1.61. The van der Waals surface area contributed by atoms with Crippen LogP contribution in [0.25, 0.3) is 10.8 Å². The number of nitrogens with zero attached hydrogens (tertiary/aromatic N) is 1. The van der Waals surface area contributed by atoms with E-state index in [1.54, 1.807) is 12.1 Å². The van der Waals surface area contributed by atoms with Crippen LogP contribution in [0.15, 0.2) is 36.4 Å². The van der Waals surface area contributed by atoms with Crippen LogP contribution in [0, 0.1) is 0 Å². The number of primary amides is 1. The summed E-state index contributed by atoms with van der Waals surface area (Å²) in [6, 6.07) is 10.2. The predicted molar refractivity (Wildman–Crippen MR) is 101 cm³/mol. The molecule has 25 heavy (non-hydrogen) atoms. The third-order valence-corrected chi connectivity index (χ3v) is 4.37. The molecule has 1 unspecified atom stereocenters. The van der Waals surface area contributed by atoms with E-state index in [-0.39, 0.29) is 28.8 Å². The molecular weight excluding hydrogens is 386 g/mol. The lowest BCUT2D eigenvalue weighted by Crippen LogP contribution is -2.41. The summed E-state index contributed by atoms with van der Waals surface area (Å²) in [6.07, 6.45) is 1.64. The maximum atomic E-state index is 12.7. The van der Waals surface area contributed by atoms with Crippen LogP contribution in [-0.2, 0) is 4.79 Å².